The van der Waals surface area contributed by atoms with Crippen molar-refractivity contribution in [2.45, 2.75) is 12.5 Å². The Labute approximate surface area is 103 Å². The van der Waals surface area contributed by atoms with Crippen LogP contribution in [0.3, 0.4) is 0 Å². The van der Waals surface area contributed by atoms with Crippen LogP contribution in [0.15, 0.2) is 11.4 Å². The highest BCUT2D eigenvalue weighted by Crippen LogP contribution is 2.33. The molecule has 92 valence electrons. The molecule has 0 bridgehead atoms. The molecule has 0 radical (unpaired) electrons. The molecule has 1 aromatic rings. The summed E-state index contributed by atoms with van der Waals surface area (Å²) in [7, 11) is 2.72. The van der Waals surface area contributed by atoms with Crippen LogP contribution in [0.2, 0.25) is 0 Å². The summed E-state index contributed by atoms with van der Waals surface area (Å²) in [4.78, 5) is 25.4. The molecule has 2 heterocycles. The first-order valence-corrected chi connectivity index (χ1v) is 6.07. The standard InChI is InChI=1S/C11H13NO4S/c1-15-10(13)8-3-5-12(8)7-4-6-17-9(7)11(14)16-2/h4,6,8H,3,5H2,1-2H3. The summed E-state index contributed by atoms with van der Waals surface area (Å²) in [6.45, 7) is 0.750. The van der Waals surface area contributed by atoms with Gasteiger partial charge in [0.2, 0.25) is 0 Å². The van der Waals surface area contributed by atoms with E-state index in [2.05, 4.69) is 0 Å². The van der Waals surface area contributed by atoms with Crippen LogP contribution >= 0.6 is 11.3 Å². The molecule has 1 unspecified atom stereocenters. The quantitative estimate of drug-likeness (QED) is 0.762. The number of rotatable bonds is 3. The number of carbonyl (C=O) groups excluding carboxylic acids is 2. The lowest BCUT2D eigenvalue weighted by atomic mass is 10.0. The molecule has 1 saturated heterocycles. The van der Waals surface area contributed by atoms with E-state index in [1.807, 2.05) is 16.3 Å². The summed E-state index contributed by atoms with van der Waals surface area (Å²) in [5.41, 5.74) is 0.753. The highest BCUT2D eigenvalue weighted by atomic mass is 32.1. The lowest BCUT2D eigenvalue weighted by molar-refractivity contribution is -0.143. The number of thiophene rings is 1. The summed E-state index contributed by atoms with van der Waals surface area (Å²) in [6.07, 6.45) is 0.753. The molecule has 5 nitrogen and oxygen atoms in total. The lowest BCUT2D eigenvalue weighted by Gasteiger charge is -2.40. The van der Waals surface area contributed by atoms with Crippen molar-refractivity contribution in [1.29, 1.82) is 0 Å². The maximum Gasteiger partial charge on any atom is 0.350 e. The number of carbonyl (C=O) groups is 2. The third-order valence-corrected chi connectivity index (χ3v) is 3.70. The van der Waals surface area contributed by atoms with E-state index in [0.29, 0.717) is 4.88 Å². The van der Waals surface area contributed by atoms with Crippen molar-refractivity contribution in [3.05, 3.63) is 16.3 Å². The Hall–Kier alpha value is -1.56. The predicted octanol–water partition coefficient (Wildman–Crippen LogP) is 1.29. The molecule has 1 aromatic heterocycles. The Morgan fingerprint density at radius 2 is 2.18 bits per heavy atom. The van der Waals surface area contributed by atoms with Crippen LogP contribution in [-0.2, 0) is 14.3 Å². The molecule has 0 N–H and O–H groups in total. The maximum absolute atomic E-state index is 11.5. The summed E-state index contributed by atoms with van der Waals surface area (Å²) in [5.74, 6) is -0.635. The zero-order valence-electron chi connectivity index (χ0n) is 9.63. The average molecular weight is 255 g/mol. The number of anilines is 1. The van der Waals surface area contributed by atoms with Gasteiger partial charge in [0.05, 0.1) is 19.9 Å². The summed E-state index contributed by atoms with van der Waals surface area (Å²) >= 11 is 1.31. The Kier molecular flexibility index (Phi) is 3.33. The zero-order chi connectivity index (χ0) is 12.4. The number of methoxy groups -OCH3 is 2. The fraction of sp³-hybridized carbons (Fsp3) is 0.455. The van der Waals surface area contributed by atoms with E-state index in [4.69, 9.17) is 9.47 Å². The van der Waals surface area contributed by atoms with Crippen molar-refractivity contribution in [2.75, 3.05) is 25.7 Å². The number of esters is 2. The molecule has 0 aromatic carbocycles. The largest absolute Gasteiger partial charge is 0.467 e. The Balaban J connectivity index is 2.21. The topological polar surface area (TPSA) is 55.8 Å². The van der Waals surface area contributed by atoms with Gasteiger partial charge >= 0.3 is 11.9 Å². The van der Waals surface area contributed by atoms with E-state index in [9.17, 15) is 9.59 Å². The molecule has 1 atom stereocenters. The van der Waals surface area contributed by atoms with Gasteiger partial charge in [0.15, 0.2) is 0 Å². The smallest absolute Gasteiger partial charge is 0.350 e. The Morgan fingerprint density at radius 3 is 2.71 bits per heavy atom. The van der Waals surface area contributed by atoms with Crippen LogP contribution in [0.25, 0.3) is 0 Å². The average Bonchev–Trinajstić information content (AvgIpc) is 2.75. The molecule has 0 saturated carbocycles. The van der Waals surface area contributed by atoms with E-state index < -0.39 is 0 Å². The second kappa shape index (κ2) is 4.75. The van der Waals surface area contributed by atoms with E-state index in [1.54, 1.807) is 0 Å². The molecule has 1 aliphatic heterocycles. The molecule has 1 aliphatic rings. The van der Waals surface area contributed by atoms with Crippen LogP contribution in [0.5, 0.6) is 0 Å². The highest BCUT2D eigenvalue weighted by molar-refractivity contribution is 7.12. The molecule has 0 amide bonds. The van der Waals surface area contributed by atoms with Gasteiger partial charge in [-0.2, -0.15) is 0 Å². The first-order valence-electron chi connectivity index (χ1n) is 5.19. The first-order chi connectivity index (χ1) is 8.19. The van der Waals surface area contributed by atoms with Crippen LogP contribution in [0.4, 0.5) is 5.69 Å². The number of hydrogen-bond donors (Lipinski definition) is 0. The molecule has 2 rings (SSSR count). The molecule has 1 fully saturated rings. The summed E-state index contributed by atoms with van der Waals surface area (Å²) in [6, 6.07) is 1.55. The van der Waals surface area contributed by atoms with Gasteiger partial charge in [-0.3, -0.25) is 0 Å². The van der Waals surface area contributed by atoms with Crippen LogP contribution in [0.1, 0.15) is 16.1 Å². The van der Waals surface area contributed by atoms with Gasteiger partial charge in [-0.05, 0) is 17.9 Å². The fourth-order valence-corrected chi connectivity index (χ4v) is 2.65. The van der Waals surface area contributed by atoms with Gasteiger partial charge in [-0.1, -0.05) is 0 Å². The molecule has 6 heteroatoms. The molecular weight excluding hydrogens is 242 g/mol. The predicted molar refractivity (Wildman–Crippen MR) is 63.4 cm³/mol. The normalized spacial score (nSPS) is 18.5. The van der Waals surface area contributed by atoms with Crippen molar-refractivity contribution in [2.24, 2.45) is 0 Å². The number of hydrogen-bond acceptors (Lipinski definition) is 6. The van der Waals surface area contributed by atoms with Crippen LogP contribution in [-0.4, -0.2) is 38.7 Å². The van der Waals surface area contributed by atoms with Crippen molar-refractivity contribution in [3.8, 4) is 0 Å². The minimum atomic E-state index is -0.370. The van der Waals surface area contributed by atoms with Crippen molar-refractivity contribution in [3.63, 3.8) is 0 Å². The van der Waals surface area contributed by atoms with E-state index in [1.165, 1.54) is 25.6 Å². The molecule has 0 spiro atoms. The Bertz CT molecular complexity index is 442. The molecule has 0 aliphatic carbocycles. The molecular formula is C11H13NO4S. The highest BCUT2D eigenvalue weighted by Gasteiger charge is 2.37. The van der Waals surface area contributed by atoms with Gasteiger partial charge in [0.1, 0.15) is 10.9 Å². The van der Waals surface area contributed by atoms with Gasteiger partial charge in [0.25, 0.3) is 0 Å². The number of ether oxygens (including phenoxy) is 2. The van der Waals surface area contributed by atoms with Gasteiger partial charge in [0, 0.05) is 6.54 Å². The van der Waals surface area contributed by atoms with Crippen LogP contribution in [0, 0.1) is 0 Å². The SMILES string of the molecule is COC(=O)c1sccc1N1CCC1C(=O)OC. The maximum atomic E-state index is 11.5. The van der Waals surface area contributed by atoms with Crippen molar-refractivity contribution >= 4 is 29.0 Å². The van der Waals surface area contributed by atoms with Gasteiger partial charge in [-0.15, -0.1) is 11.3 Å². The lowest BCUT2D eigenvalue weighted by Crippen LogP contribution is -2.53. The Morgan fingerprint density at radius 1 is 1.41 bits per heavy atom. The molecule has 17 heavy (non-hydrogen) atoms. The van der Waals surface area contributed by atoms with Crippen molar-refractivity contribution in [1.82, 2.24) is 0 Å². The second-order valence-electron chi connectivity index (χ2n) is 3.65. The minimum Gasteiger partial charge on any atom is -0.467 e. The van der Waals surface area contributed by atoms with E-state index in [-0.39, 0.29) is 18.0 Å². The monoisotopic (exact) mass is 255 g/mol. The number of nitrogens with zero attached hydrogens (tertiary/aromatic N) is 1. The van der Waals surface area contributed by atoms with Crippen LogP contribution < -0.4 is 4.90 Å². The van der Waals surface area contributed by atoms with E-state index >= 15 is 0 Å². The third kappa shape index (κ3) is 2.00. The summed E-state index contributed by atoms with van der Waals surface area (Å²) in [5, 5.41) is 1.81. The second-order valence-corrected chi connectivity index (χ2v) is 4.56. The summed E-state index contributed by atoms with van der Waals surface area (Å²) < 4.78 is 9.42. The first kappa shape index (κ1) is 11.9. The van der Waals surface area contributed by atoms with E-state index in [0.717, 1.165) is 18.7 Å². The third-order valence-electron chi connectivity index (χ3n) is 2.82. The van der Waals surface area contributed by atoms with Crippen molar-refractivity contribution < 1.29 is 19.1 Å². The fourth-order valence-electron chi connectivity index (χ4n) is 1.83. The van der Waals surface area contributed by atoms with Gasteiger partial charge in [-0.25, -0.2) is 9.59 Å². The minimum absolute atomic E-state index is 0.265. The van der Waals surface area contributed by atoms with Gasteiger partial charge < -0.3 is 14.4 Å². The zero-order valence-corrected chi connectivity index (χ0v) is 10.5.